The van der Waals surface area contributed by atoms with E-state index in [1.54, 1.807) is 0 Å². The van der Waals surface area contributed by atoms with Gasteiger partial charge in [0.15, 0.2) is 0 Å². The Balaban J connectivity index is 1.41. The molecule has 0 aliphatic carbocycles. The van der Waals surface area contributed by atoms with Gasteiger partial charge in [0.1, 0.15) is 0 Å². The second-order valence-electron chi connectivity index (χ2n) is 15.7. The van der Waals surface area contributed by atoms with Crippen LogP contribution in [0.25, 0.3) is 46.4 Å². The van der Waals surface area contributed by atoms with Crippen molar-refractivity contribution in [3.05, 3.63) is 211 Å². The highest BCUT2D eigenvalue weighted by Gasteiger charge is 2.35. The summed E-state index contributed by atoms with van der Waals surface area (Å²) in [7, 11) is 0. The molecule has 2 aliphatic rings. The van der Waals surface area contributed by atoms with Crippen LogP contribution in [0.2, 0.25) is 0 Å². The zero-order valence-corrected chi connectivity index (χ0v) is 36.3. The Kier molecular flexibility index (Phi) is 12.4. The molecule has 354 valence electrons. The monoisotopic (exact) mass is 982 g/mol. The number of hydrogen-bond donors (Lipinski definition) is 2. The van der Waals surface area contributed by atoms with E-state index in [2.05, 4.69) is 57.3 Å². The van der Waals surface area contributed by atoms with Crippen molar-refractivity contribution in [1.82, 2.24) is 19.9 Å². The summed E-state index contributed by atoms with van der Waals surface area (Å²) in [5.74, 6) is 21.6. The van der Waals surface area contributed by atoms with Crippen LogP contribution in [0.5, 0.6) is 0 Å². The summed E-state index contributed by atoms with van der Waals surface area (Å²) >= 11 is 0. The lowest BCUT2D eigenvalue weighted by molar-refractivity contribution is -0.138. The number of hydrogen-bond acceptors (Lipinski definition) is 2. The third-order valence-electron chi connectivity index (χ3n) is 11.0. The molecule has 3 aromatic heterocycles. The van der Waals surface area contributed by atoms with Crippen LogP contribution in [0.3, 0.4) is 0 Å². The van der Waals surface area contributed by atoms with Gasteiger partial charge in [-0.15, -0.1) is 0 Å². The molecule has 0 saturated heterocycles. The predicted molar refractivity (Wildman–Crippen MR) is 249 cm³/mol. The van der Waals surface area contributed by atoms with Gasteiger partial charge in [-0.25, -0.2) is 9.97 Å². The third-order valence-corrected chi connectivity index (χ3v) is 11.0. The van der Waals surface area contributed by atoms with Crippen LogP contribution < -0.4 is 0 Å². The Hall–Kier alpha value is -9.12. The van der Waals surface area contributed by atoms with Gasteiger partial charge in [-0.2, -0.15) is 52.7 Å². The van der Waals surface area contributed by atoms with Crippen LogP contribution in [0.1, 0.15) is 89.5 Å². The highest BCUT2D eigenvalue weighted by atomic mass is 19.4. The first-order valence-corrected chi connectivity index (χ1v) is 21.1. The number of nitrogens with zero attached hydrogens (tertiary/aromatic N) is 2. The van der Waals surface area contributed by atoms with Crippen LogP contribution in [-0.4, -0.2) is 19.9 Å². The van der Waals surface area contributed by atoms with E-state index in [0.717, 1.165) is 30.3 Å². The van der Waals surface area contributed by atoms with E-state index in [1.165, 1.54) is 115 Å². The fraction of sp³-hybridized carbons (Fsp3) is 0.0714. The Labute approximate surface area is 400 Å². The molecule has 0 unspecified atom stereocenters. The summed E-state index contributed by atoms with van der Waals surface area (Å²) in [6.07, 6.45) is -13.4. The van der Waals surface area contributed by atoms with Crippen molar-refractivity contribution < 1.29 is 52.7 Å². The van der Waals surface area contributed by atoms with Crippen LogP contribution >= 0.6 is 0 Å². The average Bonchev–Trinajstić information content (AvgIpc) is 4.19. The molecule has 0 atom stereocenters. The van der Waals surface area contributed by atoms with E-state index < -0.39 is 63.6 Å². The molecule has 0 radical (unpaired) electrons. The SMILES string of the molecule is FC(F)(F)c1ccccc1C#Cc1c2nc(c(C#Cc3ccccc3C(F)(F)F)c3ccc([nH]3)c(C#Cc3ccccc3C(F)(F)F)c3ccc([nH]3)c(C#Cc3ccccc3C(F)(F)F)c3nc1C=C3)C=C2. The molecule has 0 spiro atoms. The average molecular weight is 983 g/mol. The minimum absolute atomic E-state index is 0.00869. The van der Waals surface area contributed by atoms with E-state index in [1.807, 2.05) is 0 Å². The molecular weight excluding hydrogens is 957 g/mol. The number of fused-ring (bicyclic) bond motifs is 8. The second-order valence-corrected chi connectivity index (χ2v) is 15.7. The topological polar surface area (TPSA) is 57.4 Å². The number of rotatable bonds is 0. The summed E-state index contributed by atoms with van der Waals surface area (Å²) < 4.78 is 170. The lowest BCUT2D eigenvalue weighted by Crippen LogP contribution is -2.07. The Morgan fingerprint density at radius 1 is 0.278 bits per heavy atom. The van der Waals surface area contributed by atoms with Gasteiger partial charge in [0.25, 0.3) is 0 Å². The normalized spacial score (nSPS) is 12.2. The van der Waals surface area contributed by atoms with Gasteiger partial charge in [0, 0.05) is 22.3 Å². The molecule has 16 heteroatoms. The number of aromatic amines is 2. The van der Waals surface area contributed by atoms with Crippen molar-refractivity contribution in [3.63, 3.8) is 0 Å². The Morgan fingerprint density at radius 3 is 0.806 bits per heavy atom. The highest BCUT2D eigenvalue weighted by molar-refractivity contribution is 5.88. The molecule has 8 bridgehead atoms. The molecule has 4 aromatic carbocycles. The standard InChI is InChI=1S/C56H26F12N4/c57-53(58,59)41-13-5-1-9-33(41)17-21-37-45-25-27-47(69-45)38(22-18-34-10-2-6-14-42(34)54(60,61)62)49-29-31-51(71-49)40(24-20-36-12-4-8-16-44(36)56(66,67)68)52-32-30-50(72-52)39(48-28-26-46(37)70-48)23-19-35-11-3-7-15-43(35)55(63,64)65/h1-16,25-32,69-70H. The minimum Gasteiger partial charge on any atom is -0.353 e. The molecule has 9 rings (SSSR count). The maximum absolute atomic E-state index is 14.2. The van der Waals surface area contributed by atoms with Crippen LogP contribution in [0.15, 0.2) is 121 Å². The molecule has 2 N–H and O–H groups in total. The van der Waals surface area contributed by atoms with E-state index in [0.29, 0.717) is 0 Å². The van der Waals surface area contributed by atoms with E-state index in [9.17, 15) is 52.7 Å². The van der Waals surface area contributed by atoms with Crippen molar-refractivity contribution in [3.8, 4) is 47.4 Å². The quantitative estimate of drug-likeness (QED) is 0.117. The Bertz CT molecular complexity index is 3680. The molecular formula is C56H26F12N4. The fourth-order valence-corrected chi connectivity index (χ4v) is 7.61. The van der Waals surface area contributed by atoms with Gasteiger partial charge in [0.2, 0.25) is 0 Å². The highest BCUT2D eigenvalue weighted by Crippen LogP contribution is 2.36. The smallest absolute Gasteiger partial charge is 0.353 e. The van der Waals surface area contributed by atoms with Gasteiger partial charge in [-0.3, -0.25) is 0 Å². The molecule has 4 nitrogen and oxygen atoms in total. The Morgan fingerprint density at radius 2 is 0.514 bits per heavy atom. The van der Waals surface area contributed by atoms with Gasteiger partial charge in [-0.05, 0) is 97.1 Å². The third kappa shape index (κ3) is 10.1. The van der Waals surface area contributed by atoms with Crippen molar-refractivity contribution in [2.45, 2.75) is 24.7 Å². The largest absolute Gasteiger partial charge is 0.417 e. The zero-order valence-electron chi connectivity index (χ0n) is 36.3. The van der Waals surface area contributed by atoms with E-state index >= 15 is 0 Å². The zero-order chi connectivity index (χ0) is 51.0. The molecule has 0 saturated carbocycles. The van der Waals surface area contributed by atoms with Crippen LogP contribution in [0, 0.1) is 47.4 Å². The van der Waals surface area contributed by atoms with E-state index in [-0.39, 0.29) is 72.7 Å². The van der Waals surface area contributed by atoms with Crippen LogP contribution in [-0.2, 0) is 24.7 Å². The second kappa shape index (κ2) is 18.7. The first kappa shape index (κ1) is 47.9. The number of nitrogens with one attached hydrogen (secondary N) is 2. The van der Waals surface area contributed by atoms with Gasteiger partial charge in [-0.1, -0.05) is 95.9 Å². The lowest BCUT2D eigenvalue weighted by Gasteiger charge is -2.08. The maximum Gasteiger partial charge on any atom is 0.417 e. The number of aromatic nitrogens is 4. The molecule has 72 heavy (non-hydrogen) atoms. The molecule has 0 fully saturated rings. The van der Waals surface area contributed by atoms with Gasteiger partial charge < -0.3 is 9.97 Å². The summed E-state index contributed by atoms with van der Waals surface area (Å²) in [5, 5.41) is 0. The van der Waals surface area contributed by atoms with Crippen molar-refractivity contribution in [2.75, 3.05) is 0 Å². The number of halogens is 12. The van der Waals surface area contributed by atoms with Gasteiger partial charge >= 0.3 is 24.7 Å². The van der Waals surface area contributed by atoms with E-state index in [4.69, 9.17) is 9.97 Å². The summed E-state index contributed by atoms with van der Waals surface area (Å²) in [6.45, 7) is 0. The minimum atomic E-state index is -4.80. The summed E-state index contributed by atoms with van der Waals surface area (Å²) in [4.78, 5) is 15.7. The van der Waals surface area contributed by atoms with Crippen molar-refractivity contribution in [2.24, 2.45) is 0 Å². The number of benzene rings is 4. The summed E-state index contributed by atoms with van der Waals surface area (Å²) in [5.41, 5.74) is -4.93. The maximum atomic E-state index is 14.2. The lowest BCUT2D eigenvalue weighted by atomic mass is 10.1. The first-order valence-electron chi connectivity index (χ1n) is 21.1. The molecule has 5 heterocycles. The van der Waals surface area contributed by atoms with Crippen molar-refractivity contribution in [1.29, 1.82) is 0 Å². The van der Waals surface area contributed by atoms with Crippen LogP contribution in [0.4, 0.5) is 52.7 Å². The summed E-state index contributed by atoms with van der Waals surface area (Å²) in [6, 6.07) is 24.3. The molecule has 2 aliphatic heterocycles. The van der Waals surface area contributed by atoms with Gasteiger partial charge in [0.05, 0.1) is 89.4 Å². The molecule has 0 amide bonds. The predicted octanol–water partition coefficient (Wildman–Crippen LogP) is 14.3. The molecule has 7 aromatic rings. The number of H-pyrrole nitrogens is 2. The first-order chi connectivity index (χ1) is 34.2. The fourth-order valence-electron chi connectivity index (χ4n) is 7.61. The number of alkyl halides is 12. The van der Waals surface area contributed by atoms with Crippen molar-refractivity contribution >= 4 is 46.4 Å².